The third kappa shape index (κ3) is 99.1. The molecule has 0 heterocycles. The molecule has 0 fully saturated rings. The van der Waals surface area contributed by atoms with E-state index in [-0.39, 0.29) is 0 Å². The average Bonchev–Trinajstić information content (AvgIpc) is 2.35. The molecule has 0 radical (unpaired) electrons. The Morgan fingerprint density at radius 2 is 0.833 bits per heavy atom. The zero-order chi connectivity index (χ0) is 15.1. The van der Waals surface area contributed by atoms with Gasteiger partial charge >= 0.3 is 23.5 Å². The van der Waals surface area contributed by atoms with Crippen LogP contribution in [0.3, 0.4) is 0 Å². The maximum absolute atomic E-state index is 8.47. The van der Waals surface area contributed by atoms with Gasteiger partial charge in [-0.3, -0.25) is 0 Å². The molecule has 0 amide bonds. The van der Waals surface area contributed by atoms with E-state index >= 15 is 0 Å². The van der Waals surface area contributed by atoms with Gasteiger partial charge < -0.3 is 15.3 Å². The van der Waals surface area contributed by atoms with Gasteiger partial charge in [-0.25, -0.2) is 0 Å². The van der Waals surface area contributed by atoms with Gasteiger partial charge in [-0.2, -0.15) is 0 Å². The van der Waals surface area contributed by atoms with Crippen LogP contribution in [0.15, 0.2) is 0 Å². The first kappa shape index (κ1) is 26.6. The van der Waals surface area contributed by atoms with Crippen molar-refractivity contribution in [2.24, 2.45) is 0 Å². The van der Waals surface area contributed by atoms with Crippen LogP contribution >= 0.6 is 0 Å². The SMILES string of the molecule is CCCCO.CCCCO.CCCCO.[O]=[V]=[O]. The first-order chi connectivity index (χ1) is 8.66. The predicted molar refractivity (Wildman–Crippen MR) is 67.4 cm³/mol. The number of hydrogen-bond donors (Lipinski definition) is 3. The van der Waals surface area contributed by atoms with Gasteiger partial charge in [-0.05, 0) is 19.3 Å². The fraction of sp³-hybridized carbons (Fsp3) is 1.00. The van der Waals surface area contributed by atoms with Gasteiger partial charge in [0.15, 0.2) is 0 Å². The number of unbranched alkanes of at least 4 members (excludes halogenated alkanes) is 3. The molecule has 0 rings (SSSR count). The van der Waals surface area contributed by atoms with Crippen molar-refractivity contribution in [3.8, 4) is 0 Å². The summed E-state index contributed by atoms with van der Waals surface area (Å²) in [6.45, 7) is 7.19. The van der Waals surface area contributed by atoms with Crippen LogP contribution in [0.1, 0.15) is 59.3 Å². The fourth-order valence-corrected chi connectivity index (χ4v) is 0.474. The summed E-state index contributed by atoms with van der Waals surface area (Å²) >= 11 is -1.81. The molecule has 0 spiro atoms. The molecule has 113 valence electrons. The van der Waals surface area contributed by atoms with Crippen LogP contribution in [0.5, 0.6) is 0 Å². The van der Waals surface area contributed by atoms with E-state index in [1.54, 1.807) is 0 Å². The molecule has 0 bridgehead atoms. The summed E-state index contributed by atoms with van der Waals surface area (Å²) < 4.78 is 16.9. The second-order valence-corrected chi connectivity index (χ2v) is 3.54. The Bertz CT molecular complexity index is 107. The molecule has 0 aromatic heterocycles. The van der Waals surface area contributed by atoms with E-state index in [2.05, 4.69) is 20.8 Å². The van der Waals surface area contributed by atoms with Gasteiger partial charge in [0, 0.05) is 19.8 Å². The Hall–Kier alpha value is 0.0644. The predicted octanol–water partition coefficient (Wildman–Crippen LogP) is 2.10. The van der Waals surface area contributed by atoms with Gasteiger partial charge in [0.05, 0.1) is 0 Å². The van der Waals surface area contributed by atoms with Crippen molar-refractivity contribution in [1.82, 2.24) is 0 Å². The van der Waals surface area contributed by atoms with Crippen molar-refractivity contribution in [3.05, 3.63) is 0 Å². The minimum absolute atomic E-state index is 0.344. The van der Waals surface area contributed by atoms with E-state index in [0.29, 0.717) is 19.8 Å². The van der Waals surface area contributed by atoms with E-state index in [4.69, 9.17) is 22.7 Å². The third-order valence-electron chi connectivity index (χ3n) is 1.54. The van der Waals surface area contributed by atoms with E-state index in [9.17, 15) is 0 Å². The second kappa shape index (κ2) is 43.5. The van der Waals surface area contributed by atoms with Crippen LogP contribution in [0.2, 0.25) is 0 Å². The fourth-order valence-electron chi connectivity index (χ4n) is 0.474. The first-order valence-electron chi connectivity index (χ1n) is 6.44. The molecule has 0 aliphatic carbocycles. The van der Waals surface area contributed by atoms with Gasteiger partial charge in [-0.15, -0.1) is 0 Å². The molecule has 0 saturated carbocycles. The zero-order valence-corrected chi connectivity index (χ0v) is 13.4. The standard InChI is InChI=1S/3C4H10O.2O.V/c3*1-2-3-4-5;;;/h3*5H,2-4H2,1H3;;;. The summed E-state index contributed by atoms with van der Waals surface area (Å²) in [6.07, 6.45) is 6.11. The van der Waals surface area contributed by atoms with Gasteiger partial charge in [0.1, 0.15) is 0 Å². The average molecular weight is 305 g/mol. The topological polar surface area (TPSA) is 94.8 Å². The molecule has 5 nitrogen and oxygen atoms in total. The van der Waals surface area contributed by atoms with E-state index in [0.717, 1.165) is 38.5 Å². The second-order valence-electron chi connectivity index (χ2n) is 3.31. The van der Waals surface area contributed by atoms with Crippen LogP contribution in [-0.4, -0.2) is 35.1 Å². The van der Waals surface area contributed by atoms with Crippen molar-refractivity contribution in [2.45, 2.75) is 59.3 Å². The Morgan fingerprint density at radius 3 is 0.833 bits per heavy atom. The molecule has 0 saturated heterocycles. The molecule has 0 aromatic rings. The summed E-state index contributed by atoms with van der Waals surface area (Å²) in [4.78, 5) is 0. The number of hydrogen-bond acceptors (Lipinski definition) is 5. The molecule has 0 unspecified atom stereocenters. The Morgan fingerprint density at radius 1 is 0.667 bits per heavy atom. The Balaban J connectivity index is -0.0000000739. The summed E-state index contributed by atoms with van der Waals surface area (Å²) in [5, 5.41) is 24.2. The van der Waals surface area contributed by atoms with Crippen LogP contribution in [0.4, 0.5) is 0 Å². The monoisotopic (exact) mass is 305 g/mol. The number of aliphatic hydroxyl groups is 3. The molecule has 18 heavy (non-hydrogen) atoms. The first-order valence-corrected chi connectivity index (χ1v) is 7.58. The quantitative estimate of drug-likeness (QED) is 0.698. The summed E-state index contributed by atoms with van der Waals surface area (Å²) in [5.41, 5.74) is 0. The van der Waals surface area contributed by atoms with Crippen molar-refractivity contribution in [3.63, 3.8) is 0 Å². The van der Waals surface area contributed by atoms with E-state index in [1.165, 1.54) is 0 Å². The van der Waals surface area contributed by atoms with E-state index < -0.39 is 16.2 Å². The summed E-state index contributed by atoms with van der Waals surface area (Å²) in [6, 6.07) is 0. The van der Waals surface area contributed by atoms with Gasteiger partial charge in [-0.1, -0.05) is 40.0 Å². The number of rotatable bonds is 6. The van der Waals surface area contributed by atoms with Crippen LogP contribution < -0.4 is 0 Å². The molecule has 3 N–H and O–H groups in total. The van der Waals surface area contributed by atoms with Crippen molar-refractivity contribution in [2.75, 3.05) is 19.8 Å². The summed E-state index contributed by atoms with van der Waals surface area (Å²) in [5.74, 6) is 0. The van der Waals surface area contributed by atoms with Crippen LogP contribution in [-0.2, 0) is 23.5 Å². The Kier molecular flexibility index (Phi) is 64.2. The van der Waals surface area contributed by atoms with Crippen molar-refractivity contribution in [1.29, 1.82) is 0 Å². The molecule has 0 aliphatic rings. The van der Waals surface area contributed by atoms with Gasteiger partial charge in [0.2, 0.25) is 0 Å². The molecular weight excluding hydrogens is 275 g/mol. The molecule has 0 atom stereocenters. The molecule has 0 aliphatic heterocycles. The summed E-state index contributed by atoms with van der Waals surface area (Å²) in [7, 11) is 0. The van der Waals surface area contributed by atoms with Crippen LogP contribution in [0, 0.1) is 0 Å². The van der Waals surface area contributed by atoms with Crippen molar-refractivity contribution >= 4 is 0 Å². The normalized spacial score (nSPS) is 7.44. The van der Waals surface area contributed by atoms with Gasteiger partial charge in [0.25, 0.3) is 0 Å². The molecule has 6 heteroatoms. The molecular formula is C12H30O5V. The Labute approximate surface area is 118 Å². The number of aliphatic hydroxyl groups excluding tert-OH is 3. The molecule has 0 aromatic carbocycles. The third-order valence-corrected chi connectivity index (χ3v) is 1.54. The van der Waals surface area contributed by atoms with E-state index in [1.807, 2.05) is 0 Å². The van der Waals surface area contributed by atoms with Crippen molar-refractivity contribution < 1.29 is 38.8 Å². The zero-order valence-electron chi connectivity index (χ0n) is 12.0. The minimum atomic E-state index is -1.81. The van der Waals surface area contributed by atoms with Crippen LogP contribution in [0.25, 0.3) is 0 Å². The maximum atomic E-state index is 8.47.